The van der Waals surface area contributed by atoms with Gasteiger partial charge in [-0.15, -0.1) is 0 Å². The molecule has 0 aliphatic heterocycles. The molecule has 0 spiro atoms. The molecule has 0 aliphatic rings. The van der Waals surface area contributed by atoms with Gasteiger partial charge in [0.1, 0.15) is 0 Å². The molecule has 4 heteroatoms. The third-order valence-corrected chi connectivity index (χ3v) is 2.98. The van der Waals surface area contributed by atoms with Crippen LogP contribution in [0.4, 0.5) is 0 Å². The highest BCUT2D eigenvalue weighted by molar-refractivity contribution is 5.94. The number of hydrogen-bond acceptors (Lipinski definition) is 2. The molecule has 1 unspecified atom stereocenters. The van der Waals surface area contributed by atoms with Gasteiger partial charge in [-0.3, -0.25) is 9.59 Å². The molecule has 1 rings (SSSR count). The molecular formula is C14H19NO3. The van der Waals surface area contributed by atoms with Crippen LogP contribution in [0.25, 0.3) is 0 Å². The predicted octanol–water partition coefficient (Wildman–Crippen LogP) is 2.09. The monoisotopic (exact) mass is 249 g/mol. The smallest absolute Gasteiger partial charge is 0.308 e. The van der Waals surface area contributed by atoms with E-state index in [1.165, 1.54) is 5.56 Å². The van der Waals surface area contributed by atoms with Gasteiger partial charge in [-0.25, -0.2) is 0 Å². The van der Waals surface area contributed by atoms with Gasteiger partial charge in [0, 0.05) is 12.1 Å². The van der Waals surface area contributed by atoms with E-state index < -0.39 is 11.9 Å². The first-order chi connectivity index (χ1) is 8.58. The first kappa shape index (κ1) is 14.2. The zero-order valence-electron chi connectivity index (χ0n) is 10.8. The summed E-state index contributed by atoms with van der Waals surface area (Å²) in [6, 6.07) is 7.33. The Morgan fingerprint density at radius 1 is 1.22 bits per heavy atom. The molecule has 0 fully saturated rings. The minimum atomic E-state index is -0.876. The molecule has 0 aromatic heterocycles. The van der Waals surface area contributed by atoms with E-state index in [1.54, 1.807) is 19.1 Å². The number of carbonyl (C=O) groups is 2. The molecule has 18 heavy (non-hydrogen) atoms. The number of benzene rings is 1. The molecular weight excluding hydrogens is 230 g/mol. The number of carbonyl (C=O) groups excluding carboxylic acids is 1. The third kappa shape index (κ3) is 3.87. The molecule has 98 valence electrons. The Kier molecular flexibility index (Phi) is 5.36. The van der Waals surface area contributed by atoms with Crippen LogP contribution in [0.5, 0.6) is 0 Å². The van der Waals surface area contributed by atoms with Gasteiger partial charge in [0.25, 0.3) is 5.91 Å². The molecule has 0 aliphatic carbocycles. The van der Waals surface area contributed by atoms with Crippen LogP contribution in [-0.2, 0) is 11.2 Å². The van der Waals surface area contributed by atoms with Gasteiger partial charge < -0.3 is 10.4 Å². The van der Waals surface area contributed by atoms with Crippen LogP contribution in [0, 0.1) is 5.92 Å². The average molecular weight is 249 g/mol. The van der Waals surface area contributed by atoms with Crippen LogP contribution < -0.4 is 5.32 Å². The van der Waals surface area contributed by atoms with E-state index in [1.807, 2.05) is 19.1 Å². The second kappa shape index (κ2) is 6.79. The van der Waals surface area contributed by atoms with E-state index in [9.17, 15) is 9.59 Å². The van der Waals surface area contributed by atoms with Crippen LogP contribution in [-0.4, -0.2) is 23.5 Å². The van der Waals surface area contributed by atoms with Gasteiger partial charge in [-0.2, -0.15) is 0 Å². The summed E-state index contributed by atoms with van der Waals surface area (Å²) in [5.41, 5.74) is 1.73. The maximum atomic E-state index is 11.8. The fourth-order valence-corrected chi connectivity index (χ4v) is 1.62. The minimum absolute atomic E-state index is 0.167. The molecule has 0 heterocycles. The van der Waals surface area contributed by atoms with Crippen LogP contribution in [0.3, 0.4) is 0 Å². The summed E-state index contributed by atoms with van der Waals surface area (Å²) in [7, 11) is 0. The first-order valence-corrected chi connectivity index (χ1v) is 6.18. The lowest BCUT2D eigenvalue weighted by Gasteiger charge is -2.11. The van der Waals surface area contributed by atoms with E-state index >= 15 is 0 Å². The quantitative estimate of drug-likeness (QED) is 0.811. The van der Waals surface area contributed by atoms with E-state index in [-0.39, 0.29) is 12.5 Å². The number of aryl methyl sites for hydroxylation is 1. The Bertz CT molecular complexity index is 412. The third-order valence-electron chi connectivity index (χ3n) is 2.98. The van der Waals surface area contributed by atoms with E-state index in [2.05, 4.69) is 5.32 Å². The maximum Gasteiger partial charge on any atom is 0.308 e. The Labute approximate surface area is 107 Å². The second-order valence-corrected chi connectivity index (χ2v) is 4.20. The number of amides is 1. The topological polar surface area (TPSA) is 66.4 Å². The predicted molar refractivity (Wildman–Crippen MR) is 69.6 cm³/mol. The fraction of sp³-hybridized carbons (Fsp3) is 0.429. The van der Waals surface area contributed by atoms with Crippen molar-refractivity contribution >= 4 is 11.9 Å². The highest BCUT2D eigenvalue weighted by Gasteiger charge is 2.16. The van der Waals surface area contributed by atoms with Crippen molar-refractivity contribution in [3.8, 4) is 0 Å². The summed E-state index contributed by atoms with van der Waals surface area (Å²) in [6.45, 7) is 4.01. The molecule has 0 radical (unpaired) electrons. The zero-order valence-corrected chi connectivity index (χ0v) is 10.8. The van der Waals surface area contributed by atoms with Crippen LogP contribution in [0.15, 0.2) is 24.3 Å². The van der Waals surface area contributed by atoms with Crippen LogP contribution in [0.1, 0.15) is 36.2 Å². The van der Waals surface area contributed by atoms with Crippen molar-refractivity contribution in [1.29, 1.82) is 0 Å². The number of nitrogens with one attached hydrogen (secondary N) is 1. The summed E-state index contributed by atoms with van der Waals surface area (Å²) >= 11 is 0. The lowest BCUT2D eigenvalue weighted by atomic mass is 10.1. The van der Waals surface area contributed by atoms with Gasteiger partial charge >= 0.3 is 5.97 Å². The Morgan fingerprint density at radius 3 is 2.28 bits per heavy atom. The zero-order chi connectivity index (χ0) is 13.5. The van der Waals surface area contributed by atoms with Gasteiger partial charge in [0.05, 0.1) is 5.92 Å². The fourth-order valence-electron chi connectivity index (χ4n) is 1.62. The van der Waals surface area contributed by atoms with Gasteiger partial charge in [0.15, 0.2) is 0 Å². The molecule has 1 aromatic carbocycles. The number of carboxylic acid groups (broad SMARTS) is 1. The van der Waals surface area contributed by atoms with Crippen molar-refractivity contribution in [3.05, 3.63) is 35.4 Å². The van der Waals surface area contributed by atoms with Crippen molar-refractivity contribution < 1.29 is 14.7 Å². The SMILES string of the molecule is CCc1ccc(C(=O)NCC(CC)C(=O)O)cc1. The number of carboxylic acids is 1. The summed E-state index contributed by atoms with van der Waals surface area (Å²) < 4.78 is 0. The number of rotatable bonds is 6. The van der Waals surface area contributed by atoms with E-state index in [4.69, 9.17) is 5.11 Å². The van der Waals surface area contributed by atoms with Crippen molar-refractivity contribution in [2.45, 2.75) is 26.7 Å². The van der Waals surface area contributed by atoms with Crippen molar-refractivity contribution in [2.75, 3.05) is 6.54 Å². The van der Waals surface area contributed by atoms with E-state index in [0.29, 0.717) is 12.0 Å². The Balaban J connectivity index is 2.56. The Morgan fingerprint density at radius 2 is 1.83 bits per heavy atom. The number of aliphatic carboxylic acids is 1. The normalized spacial score (nSPS) is 11.9. The van der Waals surface area contributed by atoms with Gasteiger partial charge in [-0.1, -0.05) is 26.0 Å². The minimum Gasteiger partial charge on any atom is -0.481 e. The largest absolute Gasteiger partial charge is 0.481 e. The number of hydrogen-bond donors (Lipinski definition) is 2. The highest BCUT2D eigenvalue weighted by Crippen LogP contribution is 2.06. The standard InChI is InChI=1S/C14H19NO3/c1-3-10-5-7-12(8-6-10)13(16)15-9-11(4-2)14(17)18/h5-8,11H,3-4,9H2,1-2H3,(H,15,16)(H,17,18). The first-order valence-electron chi connectivity index (χ1n) is 6.18. The highest BCUT2D eigenvalue weighted by atomic mass is 16.4. The van der Waals surface area contributed by atoms with Crippen molar-refractivity contribution in [3.63, 3.8) is 0 Å². The molecule has 1 amide bonds. The lowest BCUT2D eigenvalue weighted by Crippen LogP contribution is -2.32. The van der Waals surface area contributed by atoms with Crippen molar-refractivity contribution in [1.82, 2.24) is 5.32 Å². The second-order valence-electron chi connectivity index (χ2n) is 4.20. The van der Waals surface area contributed by atoms with E-state index in [0.717, 1.165) is 6.42 Å². The van der Waals surface area contributed by atoms with Gasteiger partial charge in [0.2, 0.25) is 0 Å². The summed E-state index contributed by atoms with van der Waals surface area (Å²) in [4.78, 5) is 22.6. The lowest BCUT2D eigenvalue weighted by molar-refractivity contribution is -0.141. The van der Waals surface area contributed by atoms with Crippen molar-refractivity contribution in [2.24, 2.45) is 5.92 Å². The molecule has 4 nitrogen and oxygen atoms in total. The summed E-state index contributed by atoms with van der Waals surface area (Å²) in [5, 5.41) is 11.5. The molecule has 0 bridgehead atoms. The Hall–Kier alpha value is -1.84. The average Bonchev–Trinajstić information content (AvgIpc) is 2.39. The molecule has 0 saturated heterocycles. The molecule has 0 saturated carbocycles. The van der Waals surface area contributed by atoms with Gasteiger partial charge in [-0.05, 0) is 30.5 Å². The summed E-state index contributed by atoms with van der Waals surface area (Å²) in [6.07, 6.45) is 1.43. The molecule has 1 aromatic rings. The molecule has 1 atom stereocenters. The molecule has 2 N–H and O–H groups in total. The van der Waals surface area contributed by atoms with Crippen LogP contribution in [0.2, 0.25) is 0 Å². The maximum absolute atomic E-state index is 11.8. The summed E-state index contributed by atoms with van der Waals surface area (Å²) in [5.74, 6) is -1.62. The van der Waals surface area contributed by atoms with Crippen LogP contribution >= 0.6 is 0 Å².